The van der Waals surface area contributed by atoms with E-state index in [0.29, 0.717) is 11.1 Å². The summed E-state index contributed by atoms with van der Waals surface area (Å²) in [7, 11) is 0. The van der Waals surface area contributed by atoms with Crippen LogP contribution in [0.3, 0.4) is 0 Å². The number of aliphatic carboxylic acids is 1. The Labute approximate surface area is 98.2 Å². The lowest BCUT2D eigenvalue weighted by Gasteiger charge is -2.03. The fraction of sp³-hybridized carbons (Fsp3) is 0.500. The summed E-state index contributed by atoms with van der Waals surface area (Å²) >= 11 is 0. The number of hydrogen-bond donors (Lipinski definition) is 1. The lowest BCUT2D eigenvalue weighted by atomic mass is 10.1. The monoisotopic (exact) mass is 260 g/mol. The highest BCUT2D eigenvalue weighted by atomic mass is 19.4. The molecular weight excluding hydrogens is 253 g/mol. The predicted molar refractivity (Wildman–Crippen MR) is 50.0 cm³/mol. The molecule has 0 bridgehead atoms. The van der Waals surface area contributed by atoms with Crippen molar-refractivity contribution in [2.75, 3.05) is 0 Å². The van der Waals surface area contributed by atoms with Crippen LogP contribution < -0.4 is 0 Å². The maximum atomic E-state index is 12.8. The number of rotatable bonds is 2. The Morgan fingerprint density at radius 3 is 2.67 bits per heavy atom. The number of nitrogens with zero attached hydrogens (tertiary/aromatic N) is 2. The molecule has 1 heterocycles. The van der Waals surface area contributed by atoms with Crippen LogP contribution in [0.4, 0.5) is 13.2 Å². The van der Waals surface area contributed by atoms with Gasteiger partial charge in [0.2, 0.25) is 0 Å². The first-order valence-electron chi connectivity index (χ1n) is 5.24. The van der Waals surface area contributed by atoms with E-state index in [0.717, 1.165) is 0 Å². The number of aromatic nitrogens is 2. The Balaban J connectivity index is 2.16. The Morgan fingerprint density at radius 1 is 1.44 bits per heavy atom. The molecule has 18 heavy (non-hydrogen) atoms. The summed E-state index contributed by atoms with van der Waals surface area (Å²) < 4.78 is 39.0. The number of alkyl halides is 3. The molecule has 8 heteroatoms. The van der Waals surface area contributed by atoms with Crippen molar-refractivity contribution in [1.82, 2.24) is 9.78 Å². The molecule has 0 radical (unpaired) electrons. The second-order valence-electron chi connectivity index (χ2n) is 4.47. The molecule has 2 aliphatic carbocycles. The number of carboxylic acid groups (broad SMARTS) is 1. The molecule has 1 aromatic heterocycles. The zero-order valence-electron chi connectivity index (χ0n) is 8.86. The van der Waals surface area contributed by atoms with Gasteiger partial charge < -0.3 is 5.11 Å². The molecule has 1 fully saturated rings. The first-order valence-corrected chi connectivity index (χ1v) is 5.24. The number of carbonyl (C=O) groups is 2. The minimum absolute atomic E-state index is 0.112. The molecule has 1 N–H and O–H groups in total. The zero-order chi connectivity index (χ0) is 13.2. The number of Topliss-reactive ketones (excluding diaryl/α,β-unsaturated/α-hetero) is 1. The Morgan fingerprint density at radius 2 is 2.11 bits per heavy atom. The van der Waals surface area contributed by atoms with Gasteiger partial charge in [-0.2, -0.15) is 18.3 Å². The van der Waals surface area contributed by atoms with Crippen LogP contribution in [0.2, 0.25) is 0 Å². The number of hydrogen-bond acceptors (Lipinski definition) is 3. The molecule has 0 spiro atoms. The predicted octanol–water partition coefficient (Wildman–Crippen LogP) is 1.29. The summed E-state index contributed by atoms with van der Waals surface area (Å²) in [5, 5.41) is 11.9. The minimum atomic E-state index is -4.66. The smallest absolute Gasteiger partial charge is 0.435 e. The van der Waals surface area contributed by atoms with Crippen molar-refractivity contribution in [3.05, 3.63) is 17.0 Å². The first-order chi connectivity index (χ1) is 8.30. The quantitative estimate of drug-likeness (QED) is 0.869. The minimum Gasteiger partial charge on any atom is -0.480 e. The van der Waals surface area contributed by atoms with E-state index in [-0.39, 0.29) is 11.3 Å². The summed E-state index contributed by atoms with van der Waals surface area (Å²) in [5.74, 6) is -2.58. The van der Waals surface area contributed by atoms with Gasteiger partial charge >= 0.3 is 12.1 Å². The second kappa shape index (κ2) is 3.12. The normalized spacial score (nSPS) is 24.9. The van der Waals surface area contributed by atoms with E-state index < -0.39 is 42.0 Å². The number of halogens is 3. The van der Waals surface area contributed by atoms with E-state index in [1.54, 1.807) is 0 Å². The van der Waals surface area contributed by atoms with Gasteiger partial charge in [0.05, 0.1) is 0 Å². The van der Waals surface area contributed by atoms with Gasteiger partial charge in [-0.25, -0.2) is 4.68 Å². The lowest BCUT2D eigenvalue weighted by molar-refractivity contribution is -0.143. The van der Waals surface area contributed by atoms with Gasteiger partial charge in [-0.05, 0) is 12.3 Å². The van der Waals surface area contributed by atoms with Crippen LogP contribution in [0.15, 0.2) is 0 Å². The Bertz CT molecular complexity index is 576. The van der Waals surface area contributed by atoms with Crippen molar-refractivity contribution in [2.24, 2.45) is 5.92 Å². The fourth-order valence-electron chi connectivity index (χ4n) is 2.52. The number of carbonyl (C=O) groups excluding carboxylic acids is 1. The standard InChI is InChI=1S/C10H7F3N2O3/c11-10(12,13)9-6-3-1-4(3)8(18)7(6)15(14-9)2-5(16)17/h3-4H,1-2H2,(H,16,17). The van der Waals surface area contributed by atoms with E-state index in [4.69, 9.17) is 5.11 Å². The molecule has 0 aliphatic heterocycles. The van der Waals surface area contributed by atoms with Crippen molar-refractivity contribution in [3.8, 4) is 0 Å². The van der Waals surface area contributed by atoms with Crippen molar-refractivity contribution in [2.45, 2.75) is 25.1 Å². The van der Waals surface area contributed by atoms with E-state index in [1.165, 1.54) is 0 Å². The average Bonchev–Trinajstić information content (AvgIpc) is 2.83. The van der Waals surface area contributed by atoms with E-state index in [9.17, 15) is 22.8 Å². The third-order valence-electron chi connectivity index (χ3n) is 3.27. The molecule has 2 unspecified atom stereocenters. The van der Waals surface area contributed by atoms with Crippen molar-refractivity contribution < 1.29 is 27.9 Å². The molecule has 1 aromatic rings. The Hall–Kier alpha value is -1.86. The van der Waals surface area contributed by atoms with Gasteiger partial charge in [0, 0.05) is 11.5 Å². The molecule has 96 valence electrons. The maximum absolute atomic E-state index is 12.8. The van der Waals surface area contributed by atoms with E-state index in [1.807, 2.05) is 0 Å². The number of carboxylic acids is 1. The molecule has 2 aliphatic rings. The molecule has 1 saturated carbocycles. The largest absolute Gasteiger partial charge is 0.480 e. The van der Waals surface area contributed by atoms with Crippen LogP contribution in [0.5, 0.6) is 0 Å². The van der Waals surface area contributed by atoms with Gasteiger partial charge in [-0.1, -0.05) is 0 Å². The molecule has 0 saturated heterocycles. The highest BCUT2D eigenvalue weighted by Crippen LogP contribution is 2.58. The molecular formula is C10H7F3N2O3. The maximum Gasteiger partial charge on any atom is 0.435 e. The molecule has 3 rings (SSSR count). The van der Waals surface area contributed by atoms with E-state index >= 15 is 0 Å². The van der Waals surface area contributed by atoms with Gasteiger partial charge in [0.15, 0.2) is 11.5 Å². The molecule has 0 amide bonds. The lowest BCUT2D eigenvalue weighted by Crippen LogP contribution is -2.17. The second-order valence-corrected chi connectivity index (χ2v) is 4.47. The fourth-order valence-corrected chi connectivity index (χ4v) is 2.52. The SMILES string of the molecule is O=C(O)Cn1nc(C(F)(F)F)c2c1C(=O)C1CC21. The van der Waals surface area contributed by atoms with Crippen LogP contribution in [-0.4, -0.2) is 26.6 Å². The van der Waals surface area contributed by atoms with Gasteiger partial charge in [0.1, 0.15) is 12.2 Å². The number of fused-ring (bicyclic) bond motifs is 3. The highest BCUT2D eigenvalue weighted by Gasteiger charge is 2.58. The first kappa shape index (κ1) is 11.2. The third-order valence-corrected chi connectivity index (χ3v) is 3.27. The molecule has 0 aromatic carbocycles. The Kier molecular flexibility index (Phi) is 1.95. The van der Waals surface area contributed by atoms with Gasteiger partial charge in [-0.15, -0.1) is 0 Å². The van der Waals surface area contributed by atoms with Crippen molar-refractivity contribution >= 4 is 11.8 Å². The van der Waals surface area contributed by atoms with E-state index in [2.05, 4.69) is 5.10 Å². The van der Waals surface area contributed by atoms with Gasteiger partial charge in [-0.3, -0.25) is 9.59 Å². The van der Waals surface area contributed by atoms with Crippen molar-refractivity contribution in [1.29, 1.82) is 0 Å². The summed E-state index contributed by atoms with van der Waals surface area (Å²) in [4.78, 5) is 22.3. The van der Waals surface area contributed by atoms with Gasteiger partial charge in [0.25, 0.3) is 0 Å². The molecule has 2 atom stereocenters. The van der Waals surface area contributed by atoms with Crippen LogP contribution in [0.1, 0.15) is 34.1 Å². The highest BCUT2D eigenvalue weighted by molar-refractivity contribution is 6.05. The zero-order valence-corrected chi connectivity index (χ0v) is 8.86. The number of ketones is 1. The third kappa shape index (κ3) is 1.37. The topological polar surface area (TPSA) is 72.2 Å². The van der Waals surface area contributed by atoms with Crippen LogP contribution in [0.25, 0.3) is 0 Å². The summed E-state index contributed by atoms with van der Waals surface area (Å²) in [6.45, 7) is -0.733. The summed E-state index contributed by atoms with van der Waals surface area (Å²) in [6.07, 6.45) is -4.25. The van der Waals surface area contributed by atoms with Crippen LogP contribution in [-0.2, 0) is 17.5 Å². The summed E-state index contributed by atoms with van der Waals surface area (Å²) in [5.41, 5.74) is -1.40. The van der Waals surface area contributed by atoms with Crippen LogP contribution in [0, 0.1) is 5.92 Å². The summed E-state index contributed by atoms with van der Waals surface area (Å²) in [6, 6.07) is 0. The average molecular weight is 260 g/mol. The molecule has 5 nitrogen and oxygen atoms in total. The van der Waals surface area contributed by atoms with Crippen molar-refractivity contribution in [3.63, 3.8) is 0 Å². The van der Waals surface area contributed by atoms with Crippen LogP contribution >= 0.6 is 0 Å².